The summed E-state index contributed by atoms with van der Waals surface area (Å²) in [6.07, 6.45) is -4.45. The molecule has 2 aromatic carbocycles. The number of carbonyl (C=O) groups is 1. The van der Waals surface area contributed by atoms with Gasteiger partial charge in [-0.1, -0.05) is 26.0 Å². The fraction of sp³-hybridized carbons (Fsp3) is 0.333. The molecule has 9 heteroatoms. The molecule has 160 valence electrons. The Balaban J connectivity index is 0.00000155. The maximum atomic E-state index is 12.3. The van der Waals surface area contributed by atoms with Crippen LogP contribution in [0.3, 0.4) is 0 Å². The smallest absolute Gasteiger partial charge is 0.492 e. The average Bonchev–Trinajstić information content (AvgIpc) is 3.18. The van der Waals surface area contributed by atoms with Gasteiger partial charge in [-0.05, 0) is 23.8 Å². The molecule has 0 bridgehead atoms. The van der Waals surface area contributed by atoms with E-state index in [0.29, 0.717) is 35.5 Å². The van der Waals surface area contributed by atoms with Crippen LogP contribution in [0.1, 0.15) is 31.4 Å². The fourth-order valence-corrected chi connectivity index (χ4v) is 2.97. The van der Waals surface area contributed by atoms with Crippen LogP contribution in [0.15, 0.2) is 30.3 Å². The van der Waals surface area contributed by atoms with E-state index in [1.54, 1.807) is 0 Å². The van der Waals surface area contributed by atoms with Gasteiger partial charge < -0.3 is 19.9 Å². The van der Waals surface area contributed by atoms with Gasteiger partial charge in [0.15, 0.2) is 0 Å². The number of aliphatic hydroxyl groups excluding tert-OH is 1. The molecule has 3 rings (SSSR count). The fourth-order valence-electron chi connectivity index (χ4n) is 2.97. The molecule has 1 aliphatic heterocycles. The molecule has 0 fully saturated rings. The number of ether oxygens (including phenoxy) is 2. The number of carbonyl (C=O) groups excluding carboxylic acids is 1. The van der Waals surface area contributed by atoms with Crippen molar-refractivity contribution in [2.75, 3.05) is 18.5 Å². The van der Waals surface area contributed by atoms with Crippen molar-refractivity contribution in [3.05, 3.63) is 41.5 Å². The molecule has 0 saturated heterocycles. The maximum absolute atomic E-state index is 12.3. The van der Waals surface area contributed by atoms with Crippen LogP contribution in [0.2, 0.25) is 0 Å². The summed E-state index contributed by atoms with van der Waals surface area (Å²) in [6, 6.07) is 8.81. The van der Waals surface area contributed by atoms with E-state index in [4.69, 9.17) is 9.84 Å². The third-order valence-corrected chi connectivity index (χ3v) is 4.10. The second kappa shape index (κ2) is 9.98. The molecule has 0 radical (unpaired) electrons. The number of hydrogen-bond acceptors (Lipinski definition) is 5. The van der Waals surface area contributed by atoms with Crippen molar-refractivity contribution in [2.45, 2.75) is 33.1 Å². The lowest BCUT2D eigenvalue weighted by molar-refractivity contribution is -0.274. The van der Waals surface area contributed by atoms with Crippen LogP contribution in [-0.2, 0) is 11.2 Å². The van der Waals surface area contributed by atoms with Crippen molar-refractivity contribution in [3.63, 3.8) is 0 Å². The third kappa shape index (κ3) is 5.42. The van der Waals surface area contributed by atoms with Gasteiger partial charge in [-0.2, -0.15) is 5.26 Å². The largest absolute Gasteiger partial charge is 0.573 e. The lowest BCUT2D eigenvalue weighted by Crippen LogP contribution is -2.16. The number of anilines is 1. The Morgan fingerprint density at radius 3 is 2.53 bits per heavy atom. The molecule has 6 nitrogen and oxygen atoms in total. The molecule has 0 unspecified atom stereocenters. The number of halogens is 3. The molecule has 2 aromatic rings. The molecule has 0 aromatic heterocycles. The quantitative estimate of drug-likeness (QED) is 0.745. The molecular weight excluding hydrogens is 401 g/mol. The summed E-state index contributed by atoms with van der Waals surface area (Å²) < 4.78 is 46.5. The van der Waals surface area contributed by atoms with Crippen molar-refractivity contribution >= 4 is 11.6 Å². The third-order valence-electron chi connectivity index (χ3n) is 4.10. The molecule has 0 atom stereocenters. The number of nitrogens with one attached hydrogen (secondary N) is 1. The second-order valence-electron chi connectivity index (χ2n) is 5.96. The summed E-state index contributed by atoms with van der Waals surface area (Å²) in [4.78, 5) is 11.9. The molecule has 0 spiro atoms. The van der Waals surface area contributed by atoms with E-state index in [-0.39, 0.29) is 30.0 Å². The van der Waals surface area contributed by atoms with E-state index in [0.717, 1.165) is 0 Å². The normalized spacial score (nSPS) is 12.0. The van der Waals surface area contributed by atoms with Gasteiger partial charge in [0, 0.05) is 17.5 Å². The van der Waals surface area contributed by atoms with Crippen LogP contribution >= 0.6 is 0 Å². The van der Waals surface area contributed by atoms with Gasteiger partial charge in [-0.3, -0.25) is 4.79 Å². The minimum atomic E-state index is -4.79. The van der Waals surface area contributed by atoms with Crippen molar-refractivity contribution < 1.29 is 32.5 Å². The maximum Gasteiger partial charge on any atom is 0.573 e. The Bertz CT molecular complexity index is 935. The Kier molecular flexibility index (Phi) is 7.66. The summed E-state index contributed by atoms with van der Waals surface area (Å²) in [7, 11) is 0. The monoisotopic (exact) mass is 422 g/mol. The predicted molar refractivity (Wildman–Crippen MR) is 104 cm³/mol. The van der Waals surface area contributed by atoms with Gasteiger partial charge in [-0.15, -0.1) is 13.2 Å². The highest BCUT2D eigenvalue weighted by molar-refractivity contribution is 5.94. The van der Waals surface area contributed by atoms with Crippen LogP contribution in [0.4, 0.5) is 18.9 Å². The van der Waals surface area contributed by atoms with E-state index >= 15 is 0 Å². The van der Waals surface area contributed by atoms with Gasteiger partial charge in [0.25, 0.3) is 0 Å². The molecule has 1 amide bonds. The summed E-state index contributed by atoms with van der Waals surface area (Å²) in [5.74, 6) is -0.363. The number of alkyl halides is 3. The lowest BCUT2D eigenvalue weighted by atomic mass is 9.95. The predicted octanol–water partition coefficient (Wildman–Crippen LogP) is 4.41. The van der Waals surface area contributed by atoms with Crippen LogP contribution in [0.5, 0.6) is 11.5 Å². The van der Waals surface area contributed by atoms with Crippen molar-refractivity contribution in [1.29, 1.82) is 5.26 Å². The number of hydrogen-bond donors (Lipinski definition) is 2. The van der Waals surface area contributed by atoms with E-state index in [1.165, 1.54) is 30.3 Å². The Morgan fingerprint density at radius 1 is 1.30 bits per heavy atom. The minimum absolute atomic E-state index is 0.128. The molecular formula is C21H21F3N2O4. The summed E-state index contributed by atoms with van der Waals surface area (Å²) in [6.45, 7) is 4.01. The summed E-state index contributed by atoms with van der Waals surface area (Å²) in [5, 5.41) is 21.0. The number of amides is 1. The molecule has 1 aliphatic rings. The minimum Gasteiger partial charge on any atom is -0.492 e. The van der Waals surface area contributed by atoms with Crippen LogP contribution < -0.4 is 14.8 Å². The molecule has 0 aliphatic carbocycles. The molecule has 1 heterocycles. The van der Waals surface area contributed by atoms with E-state index < -0.39 is 12.3 Å². The SMILES string of the molecule is CC.N#Cc1c(NC(=O)CCO)cc(-c2ccc(OC(F)(F)F)cc2)c2c1CCO2. The topological polar surface area (TPSA) is 91.6 Å². The van der Waals surface area contributed by atoms with Crippen molar-refractivity contribution in [1.82, 2.24) is 0 Å². The Morgan fingerprint density at radius 2 is 1.97 bits per heavy atom. The van der Waals surface area contributed by atoms with Crippen molar-refractivity contribution in [3.8, 4) is 28.7 Å². The highest BCUT2D eigenvalue weighted by Gasteiger charge is 2.31. The van der Waals surface area contributed by atoms with Crippen LogP contribution in [0.25, 0.3) is 11.1 Å². The van der Waals surface area contributed by atoms with Crippen LogP contribution in [-0.4, -0.2) is 30.6 Å². The number of aliphatic hydroxyl groups is 1. The lowest BCUT2D eigenvalue weighted by Gasteiger charge is -2.15. The first-order valence-corrected chi connectivity index (χ1v) is 9.32. The van der Waals surface area contributed by atoms with Gasteiger partial charge in [0.05, 0.1) is 30.9 Å². The number of nitrogens with zero attached hydrogens (tertiary/aromatic N) is 1. The van der Waals surface area contributed by atoms with Gasteiger partial charge in [0.1, 0.15) is 17.6 Å². The molecule has 2 N–H and O–H groups in total. The van der Waals surface area contributed by atoms with Gasteiger partial charge >= 0.3 is 6.36 Å². The van der Waals surface area contributed by atoms with E-state index in [9.17, 15) is 23.2 Å². The second-order valence-corrected chi connectivity index (χ2v) is 5.96. The Labute approximate surface area is 171 Å². The number of nitriles is 1. The highest BCUT2D eigenvalue weighted by Crippen LogP contribution is 2.42. The van der Waals surface area contributed by atoms with E-state index in [1.807, 2.05) is 13.8 Å². The first-order chi connectivity index (χ1) is 14.3. The number of fused-ring (bicyclic) bond motifs is 1. The number of benzene rings is 2. The van der Waals surface area contributed by atoms with Crippen molar-refractivity contribution in [2.24, 2.45) is 0 Å². The standard InChI is InChI=1S/C19H15F3N2O4.C2H6/c20-19(21,22)28-12-3-1-11(2-4-12)14-9-16(24-17(26)5-7-25)15(10-23)13-6-8-27-18(13)14;1-2/h1-4,9,25H,5-8H2,(H,24,26);1-2H3. The van der Waals surface area contributed by atoms with Gasteiger partial charge in [0.2, 0.25) is 5.91 Å². The first-order valence-electron chi connectivity index (χ1n) is 9.32. The summed E-state index contributed by atoms with van der Waals surface area (Å²) in [5.41, 5.74) is 2.21. The zero-order valence-electron chi connectivity index (χ0n) is 16.5. The molecule has 0 saturated carbocycles. The Hall–Kier alpha value is -3.25. The highest BCUT2D eigenvalue weighted by atomic mass is 19.4. The molecule has 30 heavy (non-hydrogen) atoms. The van der Waals surface area contributed by atoms with E-state index in [2.05, 4.69) is 16.1 Å². The summed E-state index contributed by atoms with van der Waals surface area (Å²) >= 11 is 0. The average molecular weight is 422 g/mol. The van der Waals surface area contributed by atoms with Gasteiger partial charge in [-0.25, -0.2) is 0 Å². The van der Waals surface area contributed by atoms with Crippen LogP contribution in [0, 0.1) is 11.3 Å². The zero-order chi connectivity index (χ0) is 22.3. The zero-order valence-corrected chi connectivity index (χ0v) is 16.5. The first kappa shape index (κ1) is 23.0. The number of rotatable bonds is 5.